The van der Waals surface area contributed by atoms with Crippen molar-refractivity contribution in [3.63, 3.8) is 0 Å². The van der Waals surface area contributed by atoms with E-state index < -0.39 is 4.92 Å². The molecule has 110 valence electrons. The third-order valence-electron chi connectivity index (χ3n) is 3.19. The van der Waals surface area contributed by atoms with Crippen LogP contribution in [-0.4, -0.2) is 21.9 Å². The molecule has 0 bridgehead atoms. The number of nitrogen functional groups attached to an aromatic ring is 1. The van der Waals surface area contributed by atoms with Crippen LogP contribution in [0.15, 0.2) is 36.4 Å². The van der Waals surface area contributed by atoms with Gasteiger partial charge in [0.15, 0.2) is 5.69 Å². The summed E-state index contributed by atoms with van der Waals surface area (Å²) >= 11 is 0. The molecule has 1 aromatic heterocycles. The molecule has 3 N–H and O–H groups in total. The van der Waals surface area contributed by atoms with Gasteiger partial charge in [0.25, 0.3) is 5.91 Å². The minimum Gasteiger partial charge on any atom is -0.399 e. The van der Waals surface area contributed by atoms with E-state index in [1.165, 1.54) is 23.7 Å². The van der Waals surface area contributed by atoms with Crippen LogP contribution in [0.25, 0.3) is 0 Å². The molecule has 1 amide bonds. The zero-order valence-electron chi connectivity index (χ0n) is 11.6. The number of benzene rings is 1. The lowest BCUT2D eigenvalue weighted by molar-refractivity contribution is -0.391. The number of nitrogens with zero attached hydrogens (tertiary/aromatic N) is 2. The molecular formula is C14H16N4O3. The zero-order valence-corrected chi connectivity index (χ0v) is 11.6. The molecule has 1 heterocycles. The largest absolute Gasteiger partial charge is 0.399 e. The monoisotopic (exact) mass is 288 g/mol. The van der Waals surface area contributed by atoms with Crippen LogP contribution in [-0.2, 0) is 13.5 Å². The summed E-state index contributed by atoms with van der Waals surface area (Å²) in [4.78, 5) is 22.2. The second-order valence-electron chi connectivity index (χ2n) is 4.64. The van der Waals surface area contributed by atoms with Crippen molar-refractivity contribution < 1.29 is 9.72 Å². The Hall–Kier alpha value is -2.83. The second kappa shape index (κ2) is 6.08. The lowest BCUT2D eigenvalue weighted by Crippen LogP contribution is -2.27. The Kier molecular flexibility index (Phi) is 4.22. The van der Waals surface area contributed by atoms with Gasteiger partial charge in [0, 0.05) is 18.3 Å². The summed E-state index contributed by atoms with van der Waals surface area (Å²) in [5.41, 5.74) is 7.61. The van der Waals surface area contributed by atoms with Crippen LogP contribution < -0.4 is 11.1 Å². The molecule has 1 aromatic carbocycles. The van der Waals surface area contributed by atoms with Crippen molar-refractivity contribution in [2.75, 3.05) is 12.3 Å². The van der Waals surface area contributed by atoms with E-state index >= 15 is 0 Å². The number of anilines is 1. The number of rotatable bonds is 5. The van der Waals surface area contributed by atoms with E-state index in [2.05, 4.69) is 5.32 Å². The van der Waals surface area contributed by atoms with Crippen LogP contribution >= 0.6 is 0 Å². The van der Waals surface area contributed by atoms with Gasteiger partial charge in [0.1, 0.15) is 0 Å². The molecule has 0 unspecified atom stereocenters. The van der Waals surface area contributed by atoms with Crippen LogP contribution in [0, 0.1) is 10.1 Å². The molecule has 0 radical (unpaired) electrons. The third-order valence-corrected chi connectivity index (χ3v) is 3.19. The van der Waals surface area contributed by atoms with Gasteiger partial charge in [0.2, 0.25) is 0 Å². The number of carbonyl (C=O) groups is 1. The highest BCUT2D eigenvalue weighted by molar-refractivity contribution is 5.93. The highest BCUT2D eigenvalue weighted by Crippen LogP contribution is 2.14. The molecular weight excluding hydrogens is 272 g/mol. The van der Waals surface area contributed by atoms with Gasteiger partial charge in [-0.15, -0.1) is 0 Å². The highest BCUT2D eigenvalue weighted by atomic mass is 16.6. The predicted octanol–water partition coefficient (Wildman–Crippen LogP) is 1.49. The number of aromatic nitrogens is 1. The Labute approximate surface area is 121 Å². The van der Waals surface area contributed by atoms with Crippen molar-refractivity contribution in [2.45, 2.75) is 6.42 Å². The van der Waals surface area contributed by atoms with E-state index in [-0.39, 0.29) is 17.4 Å². The van der Waals surface area contributed by atoms with Crippen molar-refractivity contribution in [2.24, 2.45) is 7.05 Å². The summed E-state index contributed by atoms with van der Waals surface area (Å²) in [5, 5.41) is 13.5. The van der Waals surface area contributed by atoms with Crippen LogP contribution in [0.5, 0.6) is 0 Å². The van der Waals surface area contributed by atoms with Crippen molar-refractivity contribution in [1.29, 1.82) is 0 Å². The van der Waals surface area contributed by atoms with Gasteiger partial charge < -0.3 is 21.2 Å². The number of amides is 1. The summed E-state index contributed by atoms with van der Waals surface area (Å²) in [6, 6.07) is 10.2. The molecule has 0 fully saturated rings. The van der Waals surface area contributed by atoms with E-state index in [9.17, 15) is 14.9 Å². The Morgan fingerprint density at radius 2 is 1.95 bits per heavy atom. The first-order valence-electron chi connectivity index (χ1n) is 6.42. The molecule has 7 heteroatoms. The van der Waals surface area contributed by atoms with Crippen LogP contribution in [0.2, 0.25) is 0 Å². The predicted molar refractivity (Wildman–Crippen MR) is 79.0 cm³/mol. The Morgan fingerprint density at radius 3 is 2.52 bits per heavy atom. The molecule has 2 rings (SSSR count). The average molecular weight is 288 g/mol. The summed E-state index contributed by atoms with van der Waals surface area (Å²) in [5.74, 6) is -0.445. The Morgan fingerprint density at radius 1 is 1.29 bits per heavy atom. The summed E-state index contributed by atoms with van der Waals surface area (Å²) in [6.45, 7) is 0.446. The molecule has 21 heavy (non-hydrogen) atoms. The zero-order chi connectivity index (χ0) is 15.4. The van der Waals surface area contributed by atoms with Gasteiger partial charge in [-0.05, 0) is 35.1 Å². The SMILES string of the molecule is Cn1c(C(=O)NCCc2ccc(N)cc2)ccc1[N+](=O)[O-]. The summed E-state index contributed by atoms with van der Waals surface area (Å²) in [6.07, 6.45) is 0.665. The fourth-order valence-corrected chi connectivity index (χ4v) is 2.01. The maximum absolute atomic E-state index is 12.0. The Balaban J connectivity index is 1.93. The first-order chi connectivity index (χ1) is 9.99. The minimum absolute atomic E-state index is 0.112. The minimum atomic E-state index is -0.523. The van der Waals surface area contributed by atoms with Crippen molar-refractivity contribution in [3.8, 4) is 0 Å². The topological polar surface area (TPSA) is 103 Å². The van der Waals surface area contributed by atoms with Crippen molar-refractivity contribution >= 4 is 17.4 Å². The summed E-state index contributed by atoms with van der Waals surface area (Å²) < 4.78 is 1.26. The number of nitro groups is 1. The van der Waals surface area contributed by atoms with E-state index in [4.69, 9.17) is 5.73 Å². The third kappa shape index (κ3) is 3.38. The fraction of sp³-hybridized carbons (Fsp3) is 0.214. The normalized spacial score (nSPS) is 10.3. The van der Waals surface area contributed by atoms with Crippen LogP contribution in [0.3, 0.4) is 0 Å². The quantitative estimate of drug-likeness (QED) is 0.494. The van der Waals surface area contributed by atoms with Gasteiger partial charge in [-0.3, -0.25) is 4.79 Å². The van der Waals surface area contributed by atoms with E-state index in [0.29, 0.717) is 18.7 Å². The molecule has 2 aromatic rings. The summed E-state index contributed by atoms with van der Waals surface area (Å²) in [7, 11) is 1.49. The molecule has 0 aliphatic rings. The molecule has 0 saturated heterocycles. The van der Waals surface area contributed by atoms with Gasteiger partial charge in [-0.1, -0.05) is 12.1 Å². The number of hydrogen-bond donors (Lipinski definition) is 2. The maximum atomic E-state index is 12.0. The van der Waals surface area contributed by atoms with Crippen LogP contribution in [0.4, 0.5) is 11.5 Å². The standard InChI is InChI=1S/C14H16N4O3/c1-17-12(6-7-13(17)18(20)21)14(19)16-9-8-10-2-4-11(15)5-3-10/h2-7H,8-9,15H2,1H3,(H,16,19). The molecule has 0 aliphatic carbocycles. The smallest absolute Gasteiger partial charge is 0.323 e. The maximum Gasteiger partial charge on any atom is 0.323 e. The molecule has 0 spiro atoms. The second-order valence-corrected chi connectivity index (χ2v) is 4.64. The lowest BCUT2D eigenvalue weighted by atomic mass is 10.1. The Bertz CT molecular complexity index is 661. The van der Waals surface area contributed by atoms with E-state index in [1.807, 2.05) is 12.1 Å². The number of hydrogen-bond acceptors (Lipinski definition) is 4. The van der Waals surface area contributed by atoms with Gasteiger partial charge in [-0.2, -0.15) is 0 Å². The molecule has 0 aliphatic heterocycles. The first kappa shape index (κ1) is 14.6. The first-order valence-corrected chi connectivity index (χ1v) is 6.42. The van der Waals surface area contributed by atoms with Gasteiger partial charge in [-0.25, -0.2) is 4.57 Å². The molecule has 0 atom stereocenters. The van der Waals surface area contributed by atoms with Gasteiger partial charge >= 0.3 is 5.82 Å². The van der Waals surface area contributed by atoms with Crippen LogP contribution in [0.1, 0.15) is 16.1 Å². The fourth-order valence-electron chi connectivity index (χ4n) is 2.01. The van der Waals surface area contributed by atoms with E-state index in [1.54, 1.807) is 12.1 Å². The molecule has 7 nitrogen and oxygen atoms in total. The highest BCUT2D eigenvalue weighted by Gasteiger charge is 2.19. The molecule has 0 saturated carbocycles. The van der Waals surface area contributed by atoms with Gasteiger partial charge in [0.05, 0.1) is 7.05 Å². The number of carbonyl (C=O) groups excluding carboxylic acids is 1. The average Bonchev–Trinajstić information content (AvgIpc) is 2.83. The van der Waals surface area contributed by atoms with Crippen molar-refractivity contribution in [1.82, 2.24) is 9.88 Å². The van der Waals surface area contributed by atoms with Crippen molar-refractivity contribution in [3.05, 3.63) is 57.8 Å². The number of nitrogens with one attached hydrogen (secondary N) is 1. The van der Waals surface area contributed by atoms with E-state index in [0.717, 1.165) is 5.56 Å². The number of nitrogens with two attached hydrogens (primary N) is 1. The lowest BCUT2D eigenvalue weighted by Gasteiger charge is -2.05.